The Morgan fingerprint density at radius 3 is 2.88 bits per heavy atom. The second-order valence-corrected chi connectivity index (χ2v) is 5.08. The van der Waals surface area contributed by atoms with Gasteiger partial charge in [-0.05, 0) is 38.5 Å². The van der Waals surface area contributed by atoms with Crippen molar-refractivity contribution in [1.29, 1.82) is 0 Å². The van der Waals surface area contributed by atoms with Crippen molar-refractivity contribution in [3.05, 3.63) is 34.4 Å². The third kappa shape index (κ3) is 1.46. The molecule has 2 heterocycles. The molecule has 0 radical (unpaired) electrons. The van der Waals surface area contributed by atoms with Crippen LogP contribution in [0, 0.1) is 6.92 Å². The molecule has 2 aliphatic rings. The van der Waals surface area contributed by atoms with Crippen LogP contribution in [-0.2, 0) is 11.3 Å². The molecule has 0 aromatic heterocycles. The van der Waals surface area contributed by atoms with Crippen molar-refractivity contribution in [3.63, 3.8) is 0 Å². The van der Waals surface area contributed by atoms with E-state index in [0.717, 1.165) is 22.4 Å². The molecule has 0 fully saturated rings. The van der Waals surface area contributed by atoms with Gasteiger partial charge in [-0.15, -0.1) is 0 Å². The first kappa shape index (κ1) is 10.4. The average Bonchev–Trinajstić information content (AvgIpc) is 2.59. The molecule has 3 rings (SSSR count). The van der Waals surface area contributed by atoms with Gasteiger partial charge in [0.1, 0.15) is 18.0 Å². The Morgan fingerprint density at radius 2 is 2.12 bits per heavy atom. The number of esters is 1. The van der Waals surface area contributed by atoms with Gasteiger partial charge in [0.05, 0.1) is 5.56 Å². The SMILES string of the molecule is Cc1cc2c(c3c1C=CC(C)(C)O3)COC2=O. The lowest BCUT2D eigenvalue weighted by Crippen LogP contribution is -2.28. The summed E-state index contributed by atoms with van der Waals surface area (Å²) in [4.78, 5) is 11.6. The molecule has 17 heavy (non-hydrogen) atoms. The lowest BCUT2D eigenvalue weighted by molar-refractivity contribution is 0.0532. The summed E-state index contributed by atoms with van der Waals surface area (Å²) in [6, 6.07) is 1.88. The lowest BCUT2D eigenvalue weighted by Gasteiger charge is -2.29. The molecule has 2 aliphatic heterocycles. The highest BCUT2D eigenvalue weighted by atomic mass is 16.5. The maximum atomic E-state index is 11.6. The predicted molar refractivity (Wildman–Crippen MR) is 64.0 cm³/mol. The zero-order valence-corrected chi connectivity index (χ0v) is 10.2. The number of carbonyl (C=O) groups is 1. The molecule has 0 saturated heterocycles. The Morgan fingerprint density at radius 1 is 1.35 bits per heavy atom. The van der Waals surface area contributed by atoms with Gasteiger partial charge in [0.15, 0.2) is 0 Å². The van der Waals surface area contributed by atoms with Gasteiger partial charge in [0, 0.05) is 11.1 Å². The Bertz CT molecular complexity index is 553. The van der Waals surface area contributed by atoms with E-state index in [-0.39, 0.29) is 11.6 Å². The van der Waals surface area contributed by atoms with E-state index in [1.807, 2.05) is 32.9 Å². The summed E-state index contributed by atoms with van der Waals surface area (Å²) in [6.45, 7) is 6.30. The summed E-state index contributed by atoms with van der Waals surface area (Å²) in [7, 11) is 0. The smallest absolute Gasteiger partial charge is 0.339 e. The van der Waals surface area contributed by atoms with Crippen LogP contribution in [0.5, 0.6) is 5.75 Å². The van der Waals surface area contributed by atoms with Crippen LogP contribution in [0.1, 0.15) is 40.9 Å². The molecule has 0 atom stereocenters. The normalized spacial score (nSPS) is 19.4. The summed E-state index contributed by atoms with van der Waals surface area (Å²) in [5.41, 5.74) is 3.30. The molecule has 3 nitrogen and oxygen atoms in total. The van der Waals surface area contributed by atoms with Crippen LogP contribution in [0.25, 0.3) is 6.08 Å². The number of rotatable bonds is 0. The molecule has 0 N–H and O–H groups in total. The quantitative estimate of drug-likeness (QED) is 0.643. The monoisotopic (exact) mass is 230 g/mol. The summed E-state index contributed by atoms with van der Waals surface area (Å²) in [5, 5.41) is 0. The second-order valence-electron chi connectivity index (χ2n) is 5.08. The fourth-order valence-corrected chi connectivity index (χ4v) is 2.29. The fraction of sp³-hybridized carbons (Fsp3) is 0.357. The van der Waals surface area contributed by atoms with Crippen LogP contribution in [0.4, 0.5) is 0 Å². The van der Waals surface area contributed by atoms with E-state index in [9.17, 15) is 4.79 Å². The molecule has 0 saturated carbocycles. The van der Waals surface area contributed by atoms with E-state index >= 15 is 0 Å². The highest BCUT2D eigenvalue weighted by molar-refractivity contribution is 5.95. The van der Waals surface area contributed by atoms with Crippen molar-refractivity contribution in [1.82, 2.24) is 0 Å². The zero-order valence-electron chi connectivity index (χ0n) is 10.2. The van der Waals surface area contributed by atoms with Gasteiger partial charge in [-0.3, -0.25) is 0 Å². The highest BCUT2D eigenvalue weighted by Gasteiger charge is 2.32. The molecule has 88 valence electrons. The first-order valence-corrected chi connectivity index (χ1v) is 5.70. The minimum absolute atomic E-state index is 0.248. The zero-order chi connectivity index (χ0) is 12.2. The van der Waals surface area contributed by atoms with E-state index < -0.39 is 0 Å². The van der Waals surface area contributed by atoms with E-state index in [0.29, 0.717) is 12.2 Å². The number of aryl methyl sites for hydroxylation is 1. The van der Waals surface area contributed by atoms with E-state index in [4.69, 9.17) is 9.47 Å². The second kappa shape index (κ2) is 3.13. The lowest BCUT2D eigenvalue weighted by atomic mass is 9.94. The van der Waals surface area contributed by atoms with E-state index in [1.54, 1.807) is 0 Å². The highest BCUT2D eigenvalue weighted by Crippen LogP contribution is 2.40. The molecule has 1 aromatic carbocycles. The fourth-order valence-electron chi connectivity index (χ4n) is 2.29. The number of hydrogen-bond donors (Lipinski definition) is 0. The van der Waals surface area contributed by atoms with Crippen molar-refractivity contribution in [2.24, 2.45) is 0 Å². The molecule has 0 bridgehead atoms. The van der Waals surface area contributed by atoms with Crippen molar-refractivity contribution < 1.29 is 14.3 Å². The topological polar surface area (TPSA) is 35.5 Å². The van der Waals surface area contributed by atoms with Crippen LogP contribution in [-0.4, -0.2) is 11.6 Å². The number of cyclic esters (lactones) is 1. The first-order valence-electron chi connectivity index (χ1n) is 5.70. The van der Waals surface area contributed by atoms with Gasteiger partial charge < -0.3 is 9.47 Å². The van der Waals surface area contributed by atoms with Crippen molar-refractivity contribution in [3.8, 4) is 5.75 Å². The Kier molecular flexibility index (Phi) is 1.91. The van der Waals surface area contributed by atoms with Gasteiger partial charge in [0.2, 0.25) is 0 Å². The van der Waals surface area contributed by atoms with Crippen LogP contribution in [0.15, 0.2) is 12.1 Å². The predicted octanol–water partition coefficient (Wildman–Crippen LogP) is 2.85. The summed E-state index contributed by atoms with van der Waals surface area (Å²) in [6.07, 6.45) is 4.10. The van der Waals surface area contributed by atoms with Gasteiger partial charge in [-0.2, -0.15) is 0 Å². The van der Waals surface area contributed by atoms with Gasteiger partial charge in [0.25, 0.3) is 0 Å². The Hall–Kier alpha value is -1.77. The maximum absolute atomic E-state index is 11.6. The third-order valence-corrected chi connectivity index (χ3v) is 3.21. The Balaban J connectivity index is 2.26. The van der Waals surface area contributed by atoms with Crippen molar-refractivity contribution in [2.75, 3.05) is 0 Å². The number of hydrogen-bond acceptors (Lipinski definition) is 3. The summed E-state index contributed by atoms with van der Waals surface area (Å²) >= 11 is 0. The largest absolute Gasteiger partial charge is 0.483 e. The molecule has 0 amide bonds. The van der Waals surface area contributed by atoms with E-state index in [2.05, 4.69) is 6.08 Å². The van der Waals surface area contributed by atoms with Gasteiger partial charge in [-0.25, -0.2) is 4.79 Å². The molecule has 3 heteroatoms. The van der Waals surface area contributed by atoms with Crippen LogP contribution >= 0.6 is 0 Å². The molecule has 1 aromatic rings. The third-order valence-electron chi connectivity index (χ3n) is 3.21. The minimum Gasteiger partial charge on any atom is -0.483 e. The van der Waals surface area contributed by atoms with E-state index in [1.165, 1.54) is 0 Å². The van der Waals surface area contributed by atoms with Crippen LogP contribution in [0.3, 0.4) is 0 Å². The molecular formula is C14H14O3. The number of ether oxygens (including phenoxy) is 2. The molecule has 0 aliphatic carbocycles. The summed E-state index contributed by atoms with van der Waals surface area (Å²) in [5.74, 6) is 0.556. The Labute approximate surface area is 100 Å². The minimum atomic E-state index is -0.333. The first-order chi connectivity index (χ1) is 7.98. The van der Waals surface area contributed by atoms with Crippen molar-refractivity contribution >= 4 is 12.0 Å². The molecular weight excluding hydrogens is 216 g/mol. The molecule has 0 spiro atoms. The molecule has 0 unspecified atom stereocenters. The number of fused-ring (bicyclic) bond motifs is 3. The number of benzene rings is 1. The van der Waals surface area contributed by atoms with Crippen molar-refractivity contribution in [2.45, 2.75) is 33.0 Å². The average molecular weight is 230 g/mol. The van der Waals surface area contributed by atoms with Crippen LogP contribution in [0.2, 0.25) is 0 Å². The van der Waals surface area contributed by atoms with Crippen LogP contribution < -0.4 is 4.74 Å². The van der Waals surface area contributed by atoms with Gasteiger partial charge >= 0.3 is 5.97 Å². The standard InChI is InChI=1S/C14H14O3/c1-8-6-10-11(7-16-13(10)15)12-9(8)4-5-14(2,3)17-12/h4-6H,7H2,1-3H3. The maximum Gasteiger partial charge on any atom is 0.339 e. The van der Waals surface area contributed by atoms with Gasteiger partial charge in [-0.1, -0.05) is 6.08 Å². The number of carbonyl (C=O) groups excluding carboxylic acids is 1. The summed E-state index contributed by atoms with van der Waals surface area (Å²) < 4.78 is 11.0.